The highest BCUT2D eigenvalue weighted by Gasteiger charge is 2.24. The molecule has 0 amide bonds. The number of rotatable bonds is 4. The van der Waals surface area contributed by atoms with Crippen molar-refractivity contribution in [2.24, 2.45) is 5.92 Å². The van der Waals surface area contributed by atoms with E-state index < -0.39 is 21.7 Å². The number of fused-ring (bicyclic) bond motifs is 1. The number of hydrogen-bond acceptors (Lipinski definition) is 3. The highest BCUT2D eigenvalue weighted by molar-refractivity contribution is 7.90. The molecule has 4 nitrogen and oxygen atoms in total. The smallest absolute Gasteiger partial charge is 0.268 e. The molecular formula is C20H20F2N2O2S. The summed E-state index contributed by atoms with van der Waals surface area (Å²) < 4.78 is 54.7. The maximum Gasteiger partial charge on any atom is 0.268 e. The van der Waals surface area contributed by atoms with Gasteiger partial charge in [0.15, 0.2) is 0 Å². The van der Waals surface area contributed by atoms with Crippen molar-refractivity contribution in [3.8, 4) is 0 Å². The molecule has 1 fully saturated rings. The summed E-state index contributed by atoms with van der Waals surface area (Å²) >= 11 is 0. The average molecular weight is 390 g/mol. The molecule has 0 spiro atoms. The van der Waals surface area contributed by atoms with Crippen LogP contribution in [0, 0.1) is 17.6 Å². The number of halogens is 2. The van der Waals surface area contributed by atoms with Crippen LogP contribution in [-0.4, -0.2) is 25.5 Å². The first-order valence-corrected chi connectivity index (χ1v) is 10.4. The van der Waals surface area contributed by atoms with Crippen LogP contribution in [-0.2, 0) is 16.4 Å². The van der Waals surface area contributed by atoms with Crippen LogP contribution in [0.25, 0.3) is 10.9 Å². The number of aromatic nitrogens is 1. The summed E-state index contributed by atoms with van der Waals surface area (Å²) in [5, 5.41) is 4.03. The zero-order chi connectivity index (χ0) is 19.0. The van der Waals surface area contributed by atoms with Gasteiger partial charge in [0.2, 0.25) is 0 Å². The molecule has 0 aliphatic carbocycles. The fraction of sp³-hybridized carbons (Fsp3) is 0.300. The first-order valence-electron chi connectivity index (χ1n) is 8.96. The minimum absolute atomic E-state index is 0.155. The van der Waals surface area contributed by atoms with Gasteiger partial charge < -0.3 is 5.32 Å². The lowest BCUT2D eigenvalue weighted by Crippen LogP contribution is -2.28. The molecule has 1 N–H and O–H groups in total. The van der Waals surface area contributed by atoms with Gasteiger partial charge in [0, 0.05) is 11.6 Å². The number of hydrogen-bond donors (Lipinski definition) is 1. The monoisotopic (exact) mass is 390 g/mol. The lowest BCUT2D eigenvalue weighted by molar-refractivity contribution is 0.373. The standard InChI is InChI=1S/C20H20F2N2O2S/c21-16-2-1-3-18(11-16)27(25,26)24-13-15(10-14-6-8-23-9-7-14)19-5-4-17(22)12-20(19)24/h1-5,11-14,23H,6-10H2. The maximum absolute atomic E-state index is 13.9. The van der Waals surface area contributed by atoms with E-state index in [2.05, 4.69) is 5.32 Å². The molecule has 1 aliphatic rings. The highest BCUT2D eigenvalue weighted by Crippen LogP contribution is 2.30. The quantitative estimate of drug-likeness (QED) is 0.739. The summed E-state index contributed by atoms with van der Waals surface area (Å²) in [7, 11) is -4.03. The van der Waals surface area contributed by atoms with Gasteiger partial charge in [-0.3, -0.25) is 0 Å². The van der Waals surface area contributed by atoms with Crippen LogP contribution >= 0.6 is 0 Å². The first-order chi connectivity index (χ1) is 12.9. The van der Waals surface area contributed by atoms with Crippen molar-refractivity contribution < 1.29 is 17.2 Å². The Balaban J connectivity index is 1.83. The summed E-state index contributed by atoms with van der Waals surface area (Å²) in [6.07, 6.45) is 4.33. The molecule has 4 rings (SSSR count). The van der Waals surface area contributed by atoms with Crippen LogP contribution in [0.5, 0.6) is 0 Å². The van der Waals surface area contributed by atoms with Gasteiger partial charge in [-0.15, -0.1) is 0 Å². The molecule has 3 aromatic rings. The van der Waals surface area contributed by atoms with Crippen LogP contribution in [0.3, 0.4) is 0 Å². The molecule has 0 atom stereocenters. The topological polar surface area (TPSA) is 51.1 Å². The van der Waals surface area contributed by atoms with Gasteiger partial charge in [-0.25, -0.2) is 21.2 Å². The average Bonchev–Trinajstić information content (AvgIpc) is 3.01. The number of piperidine rings is 1. The Morgan fingerprint density at radius 2 is 1.78 bits per heavy atom. The zero-order valence-corrected chi connectivity index (χ0v) is 15.5. The fourth-order valence-corrected chi connectivity index (χ4v) is 5.15. The molecule has 142 valence electrons. The molecule has 7 heteroatoms. The van der Waals surface area contributed by atoms with Crippen LogP contribution in [0.2, 0.25) is 0 Å². The van der Waals surface area contributed by atoms with Gasteiger partial charge >= 0.3 is 0 Å². The Labute approximate surface area is 156 Å². The minimum atomic E-state index is -4.03. The molecule has 1 aliphatic heterocycles. The largest absolute Gasteiger partial charge is 0.317 e. The second-order valence-corrected chi connectivity index (χ2v) is 8.79. The molecular weight excluding hydrogens is 370 g/mol. The minimum Gasteiger partial charge on any atom is -0.317 e. The summed E-state index contributed by atoms with van der Waals surface area (Å²) in [5.41, 5.74) is 1.15. The first kappa shape index (κ1) is 18.1. The van der Waals surface area contributed by atoms with Crippen molar-refractivity contribution >= 4 is 20.9 Å². The van der Waals surface area contributed by atoms with E-state index in [0.29, 0.717) is 5.92 Å². The van der Waals surface area contributed by atoms with Gasteiger partial charge in [0.05, 0.1) is 10.4 Å². The Hall–Kier alpha value is -2.25. The third-order valence-corrected chi connectivity index (χ3v) is 6.81. The molecule has 1 saturated heterocycles. The predicted octanol–water partition coefficient (Wildman–Crippen LogP) is 3.70. The number of nitrogens with one attached hydrogen (secondary N) is 1. The van der Waals surface area contributed by atoms with Gasteiger partial charge in [-0.2, -0.15) is 0 Å². The van der Waals surface area contributed by atoms with Crippen molar-refractivity contribution in [3.05, 3.63) is 65.9 Å². The Kier molecular flexibility index (Phi) is 4.74. The second kappa shape index (κ2) is 7.05. The van der Waals surface area contributed by atoms with Crippen molar-refractivity contribution in [1.82, 2.24) is 9.29 Å². The predicted molar refractivity (Wildman–Crippen MR) is 100 cm³/mol. The normalized spacial score (nSPS) is 16.1. The molecule has 0 unspecified atom stereocenters. The summed E-state index contributed by atoms with van der Waals surface area (Å²) in [4.78, 5) is -0.155. The maximum atomic E-state index is 13.9. The van der Waals surface area contributed by atoms with Crippen molar-refractivity contribution in [1.29, 1.82) is 0 Å². The van der Waals surface area contributed by atoms with Crippen LogP contribution in [0.4, 0.5) is 8.78 Å². The van der Waals surface area contributed by atoms with E-state index in [4.69, 9.17) is 0 Å². The third-order valence-electron chi connectivity index (χ3n) is 5.14. The van der Waals surface area contributed by atoms with Crippen molar-refractivity contribution in [3.63, 3.8) is 0 Å². The number of nitrogens with zero attached hydrogens (tertiary/aromatic N) is 1. The van der Waals surface area contributed by atoms with Crippen LogP contribution in [0.15, 0.2) is 53.6 Å². The number of benzene rings is 2. The molecule has 0 bridgehead atoms. The molecule has 2 heterocycles. The fourth-order valence-electron chi connectivity index (χ4n) is 3.74. The van der Waals surface area contributed by atoms with E-state index in [9.17, 15) is 17.2 Å². The Morgan fingerprint density at radius 1 is 1.04 bits per heavy atom. The molecule has 1 aromatic heterocycles. The summed E-state index contributed by atoms with van der Waals surface area (Å²) in [6.45, 7) is 1.89. The van der Waals surface area contributed by atoms with E-state index in [1.54, 1.807) is 12.3 Å². The van der Waals surface area contributed by atoms with Crippen LogP contribution in [0.1, 0.15) is 18.4 Å². The van der Waals surface area contributed by atoms with E-state index in [1.807, 2.05) is 0 Å². The molecule has 27 heavy (non-hydrogen) atoms. The molecule has 0 radical (unpaired) electrons. The lowest BCUT2D eigenvalue weighted by atomic mass is 9.91. The lowest BCUT2D eigenvalue weighted by Gasteiger charge is -2.22. The highest BCUT2D eigenvalue weighted by atomic mass is 32.2. The molecule has 2 aromatic carbocycles. The van der Waals surface area contributed by atoms with E-state index in [0.717, 1.165) is 53.3 Å². The SMILES string of the molecule is O=S(=O)(c1cccc(F)c1)n1cc(CC2CCNCC2)c2ccc(F)cc21. The zero-order valence-electron chi connectivity index (χ0n) is 14.7. The summed E-state index contributed by atoms with van der Waals surface area (Å²) in [6, 6.07) is 9.05. The van der Waals surface area contributed by atoms with Crippen molar-refractivity contribution in [2.75, 3.05) is 13.1 Å². The van der Waals surface area contributed by atoms with E-state index in [-0.39, 0.29) is 10.4 Å². The Morgan fingerprint density at radius 3 is 2.52 bits per heavy atom. The van der Waals surface area contributed by atoms with Gasteiger partial charge in [0.1, 0.15) is 11.6 Å². The second-order valence-electron chi connectivity index (χ2n) is 6.97. The van der Waals surface area contributed by atoms with Gasteiger partial charge in [0.25, 0.3) is 10.0 Å². The third kappa shape index (κ3) is 3.49. The summed E-state index contributed by atoms with van der Waals surface area (Å²) in [5.74, 6) is -0.689. The Bertz CT molecular complexity index is 1090. The van der Waals surface area contributed by atoms with Gasteiger partial charge in [-0.05, 0) is 80.2 Å². The van der Waals surface area contributed by atoms with E-state index >= 15 is 0 Å². The van der Waals surface area contributed by atoms with Gasteiger partial charge in [-0.1, -0.05) is 6.07 Å². The van der Waals surface area contributed by atoms with Crippen molar-refractivity contribution in [2.45, 2.75) is 24.2 Å². The van der Waals surface area contributed by atoms with E-state index in [1.165, 1.54) is 30.3 Å². The molecule has 0 saturated carbocycles. The van der Waals surface area contributed by atoms with Crippen LogP contribution < -0.4 is 5.32 Å².